The molecule has 5 heteroatoms. The van der Waals surface area contributed by atoms with E-state index in [1.165, 1.54) is 18.7 Å². The molecular formula is C13H12N2O3. The lowest BCUT2D eigenvalue weighted by Gasteiger charge is -2.01. The van der Waals surface area contributed by atoms with Gasteiger partial charge in [-0.1, -0.05) is 0 Å². The number of aryl methyl sites for hydroxylation is 2. The number of nitrogens with zero attached hydrogens (tertiary/aromatic N) is 2. The number of furan rings is 1. The maximum Gasteiger partial charge on any atom is 0.190 e. The number of hydrogen-bond acceptors (Lipinski definition) is 5. The summed E-state index contributed by atoms with van der Waals surface area (Å²) in [6.07, 6.45) is 4.16. The Bertz CT molecular complexity index is 602. The van der Waals surface area contributed by atoms with Crippen LogP contribution in [0.1, 0.15) is 38.7 Å². The molecule has 2 rings (SSSR count). The summed E-state index contributed by atoms with van der Waals surface area (Å²) in [6, 6.07) is 1.56. The third-order valence-electron chi connectivity index (χ3n) is 2.63. The third-order valence-corrected chi connectivity index (χ3v) is 2.63. The van der Waals surface area contributed by atoms with Crippen LogP contribution >= 0.6 is 0 Å². The fraction of sp³-hybridized carbons (Fsp3) is 0.231. The van der Waals surface area contributed by atoms with E-state index in [2.05, 4.69) is 9.97 Å². The van der Waals surface area contributed by atoms with Crippen molar-refractivity contribution in [2.24, 2.45) is 0 Å². The van der Waals surface area contributed by atoms with E-state index < -0.39 is 0 Å². The van der Waals surface area contributed by atoms with E-state index in [0.717, 1.165) is 0 Å². The summed E-state index contributed by atoms with van der Waals surface area (Å²) < 4.78 is 5.04. The number of aromatic nitrogens is 2. The Balaban J connectivity index is 2.16. The van der Waals surface area contributed by atoms with Crippen molar-refractivity contribution in [3.05, 3.63) is 47.4 Å². The molecule has 2 aromatic rings. The second-order valence-corrected chi connectivity index (χ2v) is 3.90. The molecule has 0 unspecified atom stereocenters. The average molecular weight is 244 g/mol. The Morgan fingerprint density at radius 2 is 1.89 bits per heavy atom. The Labute approximate surface area is 104 Å². The molecule has 0 aliphatic rings. The maximum absolute atomic E-state index is 11.9. The highest BCUT2D eigenvalue weighted by Crippen LogP contribution is 2.13. The summed E-state index contributed by atoms with van der Waals surface area (Å²) in [5, 5.41) is 0. The number of carbonyl (C=O) groups is 2. The lowest BCUT2D eigenvalue weighted by Crippen LogP contribution is -2.12. The van der Waals surface area contributed by atoms with Crippen molar-refractivity contribution in [2.45, 2.75) is 20.3 Å². The molecule has 5 nitrogen and oxygen atoms in total. The normalized spacial score (nSPS) is 10.3. The molecule has 2 aromatic heterocycles. The first kappa shape index (κ1) is 12.2. The number of Topliss-reactive ketones (excluding diaryl/α,β-unsaturated/α-hetero) is 2. The van der Waals surface area contributed by atoms with Crippen LogP contribution in [-0.4, -0.2) is 21.5 Å². The molecular weight excluding hydrogens is 232 g/mol. The van der Waals surface area contributed by atoms with E-state index >= 15 is 0 Å². The van der Waals surface area contributed by atoms with Crippen LogP contribution in [-0.2, 0) is 0 Å². The molecule has 0 saturated heterocycles. The fourth-order valence-electron chi connectivity index (χ4n) is 1.68. The van der Waals surface area contributed by atoms with Gasteiger partial charge in [0.1, 0.15) is 11.5 Å². The molecule has 0 spiro atoms. The topological polar surface area (TPSA) is 73.1 Å². The smallest absolute Gasteiger partial charge is 0.190 e. The molecule has 0 saturated carbocycles. The highest BCUT2D eigenvalue weighted by Gasteiger charge is 2.19. The van der Waals surface area contributed by atoms with Gasteiger partial charge in [-0.3, -0.25) is 14.6 Å². The summed E-state index contributed by atoms with van der Waals surface area (Å²) in [6.45, 7) is 3.37. The highest BCUT2D eigenvalue weighted by molar-refractivity contribution is 6.13. The molecule has 92 valence electrons. The van der Waals surface area contributed by atoms with Gasteiger partial charge in [-0.25, -0.2) is 4.98 Å². The summed E-state index contributed by atoms with van der Waals surface area (Å²) >= 11 is 0. The Morgan fingerprint density at radius 1 is 1.17 bits per heavy atom. The molecule has 0 amide bonds. The van der Waals surface area contributed by atoms with Gasteiger partial charge in [0.2, 0.25) is 0 Å². The van der Waals surface area contributed by atoms with Crippen molar-refractivity contribution in [1.29, 1.82) is 0 Å². The van der Waals surface area contributed by atoms with Crippen LogP contribution in [0.4, 0.5) is 0 Å². The number of ketones is 2. The van der Waals surface area contributed by atoms with Gasteiger partial charge in [-0.05, 0) is 19.9 Å². The van der Waals surface area contributed by atoms with Gasteiger partial charge in [0, 0.05) is 12.4 Å². The second kappa shape index (κ2) is 4.91. The third kappa shape index (κ3) is 2.34. The molecule has 0 aliphatic carbocycles. The van der Waals surface area contributed by atoms with Crippen LogP contribution in [0, 0.1) is 13.8 Å². The minimum Gasteiger partial charge on any atom is -0.469 e. The summed E-state index contributed by atoms with van der Waals surface area (Å²) in [5.74, 6) is -0.0776. The van der Waals surface area contributed by atoms with Gasteiger partial charge < -0.3 is 4.42 Å². The minimum atomic E-state index is -0.328. The molecule has 0 fully saturated rings. The van der Waals surface area contributed by atoms with Crippen LogP contribution < -0.4 is 0 Å². The van der Waals surface area contributed by atoms with E-state index in [9.17, 15) is 9.59 Å². The largest absolute Gasteiger partial charge is 0.469 e. The Morgan fingerprint density at radius 3 is 2.50 bits per heavy atom. The number of rotatable bonds is 4. The van der Waals surface area contributed by atoms with E-state index in [-0.39, 0.29) is 23.7 Å². The first-order chi connectivity index (χ1) is 8.59. The SMILES string of the molecule is Cc1nccnc1C(=O)CC(=O)c1ccoc1C. The zero-order valence-corrected chi connectivity index (χ0v) is 10.1. The predicted molar refractivity (Wildman–Crippen MR) is 63.5 cm³/mol. The van der Waals surface area contributed by atoms with Gasteiger partial charge in [0.25, 0.3) is 0 Å². The highest BCUT2D eigenvalue weighted by atomic mass is 16.3. The Kier molecular flexibility index (Phi) is 3.32. The fourth-order valence-corrected chi connectivity index (χ4v) is 1.68. The van der Waals surface area contributed by atoms with Crippen LogP contribution in [0.5, 0.6) is 0 Å². The van der Waals surface area contributed by atoms with Crippen molar-refractivity contribution in [3.63, 3.8) is 0 Å². The first-order valence-electron chi connectivity index (χ1n) is 5.47. The van der Waals surface area contributed by atoms with E-state index in [1.807, 2.05) is 0 Å². The van der Waals surface area contributed by atoms with Gasteiger partial charge >= 0.3 is 0 Å². The van der Waals surface area contributed by atoms with E-state index in [0.29, 0.717) is 17.0 Å². The molecule has 0 aromatic carbocycles. The van der Waals surface area contributed by atoms with Gasteiger partial charge in [-0.15, -0.1) is 0 Å². The standard InChI is InChI=1S/C13H12N2O3/c1-8-13(15-5-4-14-8)12(17)7-11(16)10-3-6-18-9(10)2/h3-6H,7H2,1-2H3. The van der Waals surface area contributed by atoms with Crippen LogP contribution in [0.15, 0.2) is 29.1 Å². The van der Waals surface area contributed by atoms with Crippen molar-refractivity contribution in [1.82, 2.24) is 9.97 Å². The quantitative estimate of drug-likeness (QED) is 0.608. The molecule has 0 aliphatic heterocycles. The lowest BCUT2D eigenvalue weighted by atomic mass is 10.0. The van der Waals surface area contributed by atoms with Gasteiger partial charge in [-0.2, -0.15) is 0 Å². The molecule has 0 radical (unpaired) electrons. The predicted octanol–water partition coefficient (Wildman–Crippen LogP) is 2.14. The van der Waals surface area contributed by atoms with E-state index in [1.54, 1.807) is 19.9 Å². The molecule has 0 N–H and O–H groups in total. The van der Waals surface area contributed by atoms with Crippen molar-refractivity contribution < 1.29 is 14.0 Å². The van der Waals surface area contributed by atoms with Crippen molar-refractivity contribution >= 4 is 11.6 Å². The molecule has 0 bridgehead atoms. The van der Waals surface area contributed by atoms with Crippen LogP contribution in [0.2, 0.25) is 0 Å². The molecule has 2 heterocycles. The van der Waals surface area contributed by atoms with Crippen molar-refractivity contribution in [2.75, 3.05) is 0 Å². The molecule has 18 heavy (non-hydrogen) atoms. The lowest BCUT2D eigenvalue weighted by molar-refractivity contribution is 0.0890. The average Bonchev–Trinajstić information content (AvgIpc) is 2.76. The molecule has 0 atom stereocenters. The van der Waals surface area contributed by atoms with E-state index in [4.69, 9.17) is 4.42 Å². The zero-order valence-electron chi connectivity index (χ0n) is 10.1. The monoisotopic (exact) mass is 244 g/mol. The van der Waals surface area contributed by atoms with Gasteiger partial charge in [0.05, 0.1) is 23.9 Å². The number of carbonyl (C=O) groups excluding carboxylic acids is 2. The zero-order chi connectivity index (χ0) is 13.1. The summed E-state index contributed by atoms with van der Waals surface area (Å²) in [7, 11) is 0. The van der Waals surface area contributed by atoms with Gasteiger partial charge in [0.15, 0.2) is 11.6 Å². The second-order valence-electron chi connectivity index (χ2n) is 3.90. The van der Waals surface area contributed by atoms with Crippen LogP contribution in [0.3, 0.4) is 0 Å². The Hall–Kier alpha value is -2.30. The number of hydrogen-bond donors (Lipinski definition) is 0. The van der Waals surface area contributed by atoms with Crippen LogP contribution in [0.25, 0.3) is 0 Å². The van der Waals surface area contributed by atoms with Crippen molar-refractivity contribution in [3.8, 4) is 0 Å². The summed E-state index contributed by atoms with van der Waals surface area (Å²) in [5.41, 5.74) is 1.20. The minimum absolute atomic E-state index is 0.222. The summed E-state index contributed by atoms with van der Waals surface area (Å²) in [4.78, 5) is 31.7. The maximum atomic E-state index is 11.9. The first-order valence-corrected chi connectivity index (χ1v) is 5.47.